The summed E-state index contributed by atoms with van der Waals surface area (Å²) < 4.78 is 49.4. The monoisotopic (exact) mass is 328 g/mol. The molecule has 1 heterocycles. The van der Waals surface area contributed by atoms with Crippen molar-refractivity contribution in [1.82, 2.24) is 5.16 Å². The van der Waals surface area contributed by atoms with Crippen molar-refractivity contribution >= 4 is 11.6 Å². The molecule has 0 spiro atoms. The minimum Gasteiger partial charge on any atom is -0.494 e. The average Bonchev–Trinajstić information content (AvgIpc) is 2.97. The number of carbonyl (C=O) groups is 1. The first-order valence-electron chi connectivity index (χ1n) is 6.93. The Bertz CT molecular complexity index is 654. The van der Waals surface area contributed by atoms with Crippen LogP contribution in [0, 0.1) is 0 Å². The van der Waals surface area contributed by atoms with Gasteiger partial charge in [-0.05, 0) is 24.6 Å². The lowest BCUT2D eigenvalue weighted by Crippen LogP contribution is -2.18. The second-order valence-electron chi connectivity index (χ2n) is 4.76. The largest absolute Gasteiger partial charge is 0.494 e. The Morgan fingerprint density at radius 1 is 1.35 bits per heavy atom. The normalized spacial score (nSPS) is 11.3. The highest BCUT2D eigenvalue weighted by molar-refractivity contribution is 5.92. The molecule has 0 aliphatic carbocycles. The number of anilines is 1. The summed E-state index contributed by atoms with van der Waals surface area (Å²) in [5.74, 6) is -0.263. The molecular formula is C15H15F3N2O3. The summed E-state index contributed by atoms with van der Waals surface area (Å²) in [5.41, 5.74) is -1.29. The molecular weight excluding hydrogens is 313 g/mol. The van der Waals surface area contributed by atoms with Gasteiger partial charge in [0.1, 0.15) is 11.5 Å². The van der Waals surface area contributed by atoms with Gasteiger partial charge in [0.25, 0.3) is 0 Å². The number of halogens is 3. The van der Waals surface area contributed by atoms with Gasteiger partial charge in [0, 0.05) is 6.07 Å². The van der Waals surface area contributed by atoms with Crippen molar-refractivity contribution in [2.24, 2.45) is 0 Å². The molecule has 1 aromatic heterocycles. The maximum atomic E-state index is 13.1. The van der Waals surface area contributed by atoms with E-state index < -0.39 is 17.6 Å². The number of aromatic nitrogens is 1. The number of nitrogens with one attached hydrogen (secondary N) is 1. The van der Waals surface area contributed by atoms with Crippen LogP contribution in [0.5, 0.6) is 5.75 Å². The van der Waals surface area contributed by atoms with E-state index >= 15 is 0 Å². The summed E-state index contributed by atoms with van der Waals surface area (Å²) in [4.78, 5) is 11.8. The van der Waals surface area contributed by atoms with Crippen molar-refractivity contribution in [2.75, 3.05) is 11.9 Å². The first kappa shape index (κ1) is 16.9. The first-order chi connectivity index (χ1) is 10.9. The van der Waals surface area contributed by atoms with Crippen LogP contribution in [-0.2, 0) is 17.4 Å². The molecule has 0 bridgehead atoms. The van der Waals surface area contributed by atoms with Crippen LogP contribution in [0.3, 0.4) is 0 Å². The quantitative estimate of drug-likeness (QED) is 0.879. The topological polar surface area (TPSA) is 64.4 Å². The van der Waals surface area contributed by atoms with E-state index in [-0.39, 0.29) is 23.6 Å². The molecule has 0 aliphatic heterocycles. The Balaban J connectivity index is 2.17. The number of benzene rings is 1. The maximum Gasteiger partial charge on any atom is 0.418 e. The zero-order valence-corrected chi connectivity index (χ0v) is 12.3. The number of ether oxygens (including phenoxy) is 1. The number of hydrogen-bond donors (Lipinski definition) is 1. The Morgan fingerprint density at radius 2 is 2.13 bits per heavy atom. The predicted molar refractivity (Wildman–Crippen MR) is 76.1 cm³/mol. The smallest absolute Gasteiger partial charge is 0.418 e. The third-order valence-corrected chi connectivity index (χ3v) is 2.87. The van der Waals surface area contributed by atoms with Gasteiger partial charge in [-0.3, -0.25) is 4.79 Å². The molecule has 8 heteroatoms. The average molecular weight is 328 g/mol. The highest BCUT2D eigenvalue weighted by Gasteiger charge is 2.34. The van der Waals surface area contributed by atoms with Crippen LogP contribution in [0.1, 0.15) is 24.7 Å². The van der Waals surface area contributed by atoms with Gasteiger partial charge < -0.3 is 14.6 Å². The molecule has 23 heavy (non-hydrogen) atoms. The van der Waals surface area contributed by atoms with Gasteiger partial charge in [0.2, 0.25) is 5.91 Å². The molecule has 2 aromatic rings. The summed E-state index contributed by atoms with van der Waals surface area (Å²) in [6.07, 6.45) is -2.79. The number of alkyl halides is 3. The Morgan fingerprint density at radius 3 is 2.74 bits per heavy atom. The Hall–Kier alpha value is -2.51. The first-order valence-corrected chi connectivity index (χ1v) is 6.93. The third kappa shape index (κ3) is 4.73. The fraction of sp³-hybridized carbons (Fsp3) is 0.333. The highest BCUT2D eigenvalue weighted by atomic mass is 19.4. The second-order valence-corrected chi connectivity index (χ2v) is 4.76. The van der Waals surface area contributed by atoms with E-state index in [0.717, 1.165) is 6.07 Å². The summed E-state index contributed by atoms with van der Waals surface area (Å²) in [6, 6.07) is 4.90. The molecule has 2 rings (SSSR count). The summed E-state index contributed by atoms with van der Waals surface area (Å²) >= 11 is 0. The van der Waals surface area contributed by atoms with Crippen molar-refractivity contribution in [3.8, 4) is 5.75 Å². The van der Waals surface area contributed by atoms with E-state index in [0.29, 0.717) is 13.0 Å². The fourth-order valence-corrected chi connectivity index (χ4v) is 1.86. The molecule has 0 fully saturated rings. The van der Waals surface area contributed by atoms with Crippen molar-refractivity contribution in [3.63, 3.8) is 0 Å². The van der Waals surface area contributed by atoms with Crippen LogP contribution in [0.15, 0.2) is 35.0 Å². The molecule has 1 N–H and O–H groups in total. The van der Waals surface area contributed by atoms with Crippen LogP contribution in [0.2, 0.25) is 0 Å². The van der Waals surface area contributed by atoms with Crippen LogP contribution in [0.25, 0.3) is 0 Å². The summed E-state index contributed by atoms with van der Waals surface area (Å²) in [6.45, 7) is 2.16. The number of amides is 1. The van der Waals surface area contributed by atoms with Gasteiger partial charge in [-0.25, -0.2) is 0 Å². The van der Waals surface area contributed by atoms with Crippen molar-refractivity contribution in [2.45, 2.75) is 25.9 Å². The van der Waals surface area contributed by atoms with Crippen LogP contribution >= 0.6 is 0 Å². The number of hydrogen-bond acceptors (Lipinski definition) is 4. The standard InChI is InChI=1S/C15H15F3N2O3/c1-2-7-22-10-3-4-13(12(8-10)15(16,17)18)20-14(21)9-11-5-6-19-23-11/h3-6,8H,2,7,9H2,1H3,(H,20,21). The molecule has 0 saturated heterocycles. The van der Waals surface area contributed by atoms with E-state index in [1.54, 1.807) is 0 Å². The van der Waals surface area contributed by atoms with Gasteiger partial charge >= 0.3 is 6.18 Å². The van der Waals surface area contributed by atoms with Crippen LogP contribution in [0.4, 0.5) is 18.9 Å². The summed E-state index contributed by atoms with van der Waals surface area (Å²) in [5, 5.41) is 5.66. The van der Waals surface area contributed by atoms with Crippen molar-refractivity contribution < 1.29 is 27.2 Å². The van der Waals surface area contributed by atoms with E-state index in [1.807, 2.05) is 6.92 Å². The van der Waals surface area contributed by atoms with Crippen LogP contribution < -0.4 is 10.1 Å². The van der Waals surface area contributed by atoms with Gasteiger partial charge in [-0.2, -0.15) is 13.2 Å². The lowest BCUT2D eigenvalue weighted by Gasteiger charge is -2.15. The minimum atomic E-state index is -4.61. The van der Waals surface area contributed by atoms with E-state index in [1.165, 1.54) is 24.4 Å². The van der Waals surface area contributed by atoms with Crippen molar-refractivity contribution in [3.05, 3.63) is 41.8 Å². The minimum absolute atomic E-state index is 0.104. The van der Waals surface area contributed by atoms with Gasteiger partial charge in [0.15, 0.2) is 0 Å². The number of rotatable bonds is 6. The molecule has 0 radical (unpaired) electrons. The molecule has 1 amide bonds. The zero-order valence-electron chi connectivity index (χ0n) is 12.3. The van der Waals surface area contributed by atoms with Crippen LogP contribution in [-0.4, -0.2) is 17.7 Å². The van der Waals surface area contributed by atoms with E-state index in [9.17, 15) is 18.0 Å². The van der Waals surface area contributed by atoms with E-state index in [4.69, 9.17) is 9.26 Å². The van der Waals surface area contributed by atoms with E-state index in [2.05, 4.69) is 10.5 Å². The molecule has 1 aromatic carbocycles. The maximum absolute atomic E-state index is 13.1. The van der Waals surface area contributed by atoms with Gasteiger partial charge in [-0.1, -0.05) is 12.1 Å². The van der Waals surface area contributed by atoms with Crippen molar-refractivity contribution in [1.29, 1.82) is 0 Å². The molecule has 0 atom stereocenters. The summed E-state index contributed by atoms with van der Waals surface area (Å²) in [7, 11) is 0. The second kappa shape index (κ2) is 7.17. The highest BCUT2D eigenvalue weighted by Crippen LogP contribution is 2.37. The van der Waals surface area contributed by atoms with Gasteiger partial charge in [-0.15, -0.1) is 0 Å². The fourth-order valence-electron chi connectivity index (χ4n) is 1.86. The predicted octanol–water partition coefficient (Wildman–Crippen LogP) is 3.66. The molecule has 124 valence electrons. The molecule has 0 saturated carbocycles. The lowest BCUT2D eigenvalue weighted by atomic mass is 10.1. The molecule has 5 nitrogen and oxygen atoms in total. The lowest BCUT2D eigenvalue weighted by molar-refractivity contribution is -0.137. The number of carbonyl (C=O) groups excluding carboxylic acids is 1. The molecule has 0 aliphatic rings. The molecule has 0 unspecified atom stereocenters. The zero-order chi connectivity index (χ0) is 16.9. The van der Waals surface area contributed by atoms with Gasteiger partial charge in [0.05, 0.1) is 30.5 Å². The number of nitrogens with zero attached hydrogens (tertiary/aromatic N) is 1. The Labute approximate surface area is 130 Å². The Kier molecular flexibility index (Phi) is 5.25. The third-order valence-electron chi connectivity index (χ3n) is 2.87. The SMILES string of the molecule is CCCOc1ccc(NC(=O)Cc2ccno2)c(C(F)(F)F)c1.